The van der Waals surface area contributed by atoms with E-state index in [1.54, 1.807) is 18.1 Å². The lowest BCUT2D eigenvalue weighted by atomic mass is 10.1. The van der Waals surface area contributed by atoms with E-state index in [0.717, 1.165) is 12.2 Å². The molecule has 2 rings (SSSR count). The van der Waals surface area contributed by atoms with Gasteiger partial charge in [-0.3, -0.25) is 9.79 Å². The van der Waals surface area contributed by atoms with Crippen LogP contribution in [0.25, 0.3) is 0 Å². The lowest BCUT2D eigenvalue weighted by Gasteiger charge is -2.25. The Morgan fingerprint density at radius 3 is 2.77 bits per heavy atom. The molecule has 1 aromatic rings. The van der Waals surface area contributed by atoms with Gasteiger partial charge in [-0.2, -0.15) is 0 Å². The minimum Gasteiger partial charge on any atom is -0.477 e. The zero-order valence-corrected chi connectivity index (χ0v) is 16.5. The molecule has 0 saturated heterocycles. The molecule has 144 valence electrons. The van der Waals surface area contributed by atoms with Crippen LogP contribution in [0.2, 0.25) is 0 Å². The fourth-order valence-corrected chi connectivity index (χ4v) is 2.44. The van der Waals surface area contributed by atoms with Gasteiger partial charge in [0, 0.05) is 38.4 Å². The molecule has 0 aromatic carbocycles. The Morgan fingerprint density at radius 2 is 2.15 bits per heavy atom. The number of likely N-dealkylation sites (N-methyl/N-ethyl adjacent to an activating group) is 1. The number of rotatable bonds is 7. The Bertz CT molecular complexity index is 635. The van der Waals surface area contributed by atoms with Gasteiger partial charge in [-0.1, -0.05) is 0 Å². The van der Waals surface area contributed by atoms with E-state index >= 15 is 0 Å². The highest BCUT2D eigenvalue weighted by molar-refractivity contribution is 5.86. The molecule has 1 amide bonds. The molecule has 1 fully saturated rings. The number of hydrogen-bond donors (Lipinski definition) is 2. The highest BCUT2D eigenvalue weighted by Crippen LogP contribution is 2.29. The molecule has 1 aliphatic rings. The molecular weight excluding hydrogens is 330 g/mol. The number of guanidine groups is 1. The zero-order chi connectivity index (χ0) is 19.2. The zero-order valence-electron chi connectivity index (χ0n) is 16.5. The second kappa shape index (κ2) is 8.87. The largest absolute Gasteiger partial charge is 0.477 e. The summed E-state index contributed by atoms with van der Waals surface area (Å²) in [6.45, 7) is 7.46. The summed E-state index contributed by atoms with van der Waals surface area (Å²) in [6, 6.07) is 3.88. The Labute approximate surface area is 156 Å². The van der Waals surface area contributed by atoms with Crippen molar-refractivity contribution in [1.82, 2.24) is 20.5 Å². The predicted molar refractivity (Wildman–Crippen MR) is 103 cm³/mol. The first-order valence-corrected chi connectivity index (χ1v) is 9.07. The van der Waals surface area contributed by atoms with E-state index in [2.05, 4.69) is 20.6 Å². The van der Waals surface area contributed by atoms with Crippen LogP contribution < -0.4 is 15.4 Å². The Hall–Kier alpha value is -2.31. The summed E-state index contributed by atoms with van der Waals surface area (Å²) in [5.74, 6) is 1.98. The van der Waals surface area contributed by atoms with Crippen LogP contribution in [0.3, 0.4) is 0 Å². The number of carbonyl (C=O) groups excluding carboxylic acids is 1. The van der Waals surface area contributed by atoms with E-state index in [1.165, 1.54) is 12.8 Å². The molecular formula is C19H31N5O2. The van der Waals surface area contributed by atoms with E-state index in [4.69, 9.17) is 4.74 Å². The molecule has 0 aliphatic heterocycles. The van der Waals surface area contributed by atoms with Gasteiger partial charge < -0.3 is 20.3 Å². The van der Waals surface area contributed by atoms with Crippen molar-refractivity contribution in [3.05, 3.63) is 23.9 Å². The molecule has 1 aromatic heterocycles. The highest BCUT2D eigenvalue weighted by atomic mass is 16.5. The average Bonchev–Trinajstić information content (AvgIpc) is 3.36. The van der Waals surface area contributed by atoms with Crippen molar-refractivity contribution < 1.29 is 9.53 Å². The van der Waals surface area contributed by atoms with Crippen molar-refractivity contribution in [2.24, 2.45) is 10.9 Å². The maximum atomic E-state index is 12.1. The Kier molecular flexibility index (Phi) is 6.83. The summed E-state index contributed by atoms with van der Waals surface area (Å²) >= 11 is 0. The molecule has 0 spiro atoms. The van der Waals surface area contributed by atoms with Crippen molar-refractivity contribution in [2.45, 2.75) is 45.7 Å². The van der Waals surface area contributed by atoms with Gasteiger partial charge in [-0.05, 0) is 51.2 Å². The van der Waals surface area contributed by atoms with Crippen LogP contribution in [0, 0.1) is 5.92 Å². The van der Waals surface area contributed by atoms with Gasteiger partial charge in [0.25, 0.3) is 0 Å². The molecule has 0 atom stereocenters. The molecule has 0 bridgehead atoms. The number of carbonyl (C=O) groups is 1. The summed E-state index contributed by atoms with van der Waals surface area (Å²) in [5, 5.41) is 6.22. The number of nitrogens with zero attached hydrogens (tertiary/aromatic N) is 3. The third kappa shape index (κ3) is 7.29. The SMILES string of the molecule is CN=C(NCc1ccnc(OCC2CC2)c1)N(C)CC(=O)NC(C)(C)C. The van der Waals surface area contributed by atoms with Gasteiger partial charge in [0.1, 0.15) is 0 Å². The van der Waals surface area contributed by atoms with Gasteiger partial charge in [-0.25, -0.2) is 4.98 Å². The highest BCUT2D eigenvalue weighted by Gasteiger charge is 2.22. The standard InChI is InChI=1S/C19H31N5O2/c1-19(2,3)23-16(25)12-24(5)18(20-4)22-11-15-8-9-21-17(10-15)26-13-14-6-7-14/h8-10,14H,6-7,11-13H2,1-5H3,(H,20,22)(H,23,25). The second-order valence-electron chi connectivity index (χ2n) is 7.81. The first-order valence-electron chi connectivity index (χ1n) is 9.07. The lowest BCUT2D eigenvalue weighted by molar-refractivity contribution is -0.122. The molecule has 7 nitrogen and oxygen atoms in total. The molecule has 0 unspecified atom stereocenters. The Morgan fingerprint density at radius 1 is 1.42 bits per heavy atom. The normalized spacial score (nSPS) is 14.7. The minimum atomic E-state index is -0.247. The lowest BCUT2D eigenvalue weighted by Crippen LogP contribution is -2.48. The van der Waals surface area contributed by atoms with E-state index in [0.29, 0.717) is 24.3 Å². The van der Waals surface area contributed by atoms with Gasteiger partial charge in [0.2, 0.25) is 11.8 Å². The molecule has 7 heteroatoms. The second-order valence-corrected chi connectivity index (χ2v) is 7.81. The van der Waals surface area contributed by atoms with Crippen LogP contribution in [0.5, 0.6) is 5.88 Å². The maximum absolute atomic E-state index is 12.1. The van der Waals surface area contributed by atoms with Crippen LogP contribution in [-0.2, 0) is 11.3 Å². The molecule has 0 radical (unpaired) electrons. The van der Waals surface area contributed by atoms with Crippen LogP contribution in [0.15, 0.2) is 23.3 Å². The van der Waals surface area contributed by atoms with E-state index in [-0.39, 0.29) is 18.0 Å². The molecule has 1 heterocycles. The minimum absolute atomic E-state index is 0.0392. The van der Waals surface area contributed by atoms with Crippen molar-refractivity contribution in [3.63, 3.8) is 0 Å². The van der Waals surface area contributed by atoms with E-state index < -0.39 is 0 Å². The molecule has 1 saturated carbocycles. The van der Waals surface area contributed by atoms with Gasteiger partial charge in [0.05, 0.1) is 13.2 Å². The molecule has 2 N–H and O–H groups in total. The average molecular weight is 361 g/mol. The van der Waals surface area contributed by atoms with Gasteiger partial charge in [0.15, 0.2) is 5.96 Å². The van der Waals surface area contributed by atoms with Gasteiger partial charge >= 0.3 is 0 Å². The fraction of sp³-hybridized carbons (Fsp3) is 0.632. The number of aromatic nitrogens is 1. The summed E-state index contributed by atoms with van der Waals surface area (Å²) < 4.78 is 5.72. The summed E-state index contributed by atoms with van der Waals surface area (Å²) in [7, 11) is 3.55. The fourth-order valence-electron chi connectivity index (χ4n) is 2.44. The topological polar surface area (TPSA) is 78.9 Å². The summed E-state index contributed by atoms with van der Waals surface area (Å²) in [4.78, 5) is 22.4. The monoisotopic (exact) mass is 361 g/mol. The first kappa shape index (κ1) is 20.0. The number of aliphatic imine (C=N–C) groups is 1. The number of nitrogens with one attached hydrogen (secondary N) is 2. The maximum Gasteiger partial charge on any atom is 0.240 e. The predicted octanol–water partition coefficient (Wildman–Crippen LogP) is 1.79. The quantitative estimate of drug-likeness (QED) is 0.572. The molecule has 26 heavy (non-hydrogen) atoms. The van der Waals surface area contributed by atoms with E-state index in [1.807, 2.05) is 40.0 Å². The summed E-state index contributed by atoms with van der Waals surface area (Å²) in [6.07, 6.45) is 4.27. The number of hydrogen-bond acceptors (Lipinski definition) is 4. The number of pyridine rings is 1. The summed E-state index contributed by atoms with van der Waals surface area (Å²) in [5.41, 5.74) is 0.808. The van der Waals surface area contributed by atoms with Crippen LogP contribution in [-0.4, -0.2) is 54.5 Å². The van der Waals surface area contributed by atoms with Gasteiger partial charge in [-0.15, -0.1) is 0 Å². The van der Waals surface area contributed by atoms with Crippen molar-refractivity contribution in [3.8, 4) is 5.88 Å². The number of ether oxygens (including phenoxy) is 1. The van der Waals surface area contributed by atoms with Crippen molar-refractivity contribution >= 4 is 11.9 Å². The van der Waals surface area contributed by atoms with Crippen molar-refractivity contribution in [2.75, 3.05) is 27.2 Å². The number of amides is 1. The van der Waals surface area contributed by atoms with Crippen LogP contribution >= 0.6 is 0 Å². The van der Waals surface area contributed by atoms with Crippen molar-refractivity contribution in [1.29, 1.82) is 0 Å². The third-order valence-corrected chi connectivity index (χ3v) is 3.88. The smallest absolute Gasteiger partial charge is 0.240 e. The Balaban J connectivity index is 1.83. The molecule has 1 aliphatic carbocycles. The first-order chi connectivity index (χ1) is 12.3. The van der Waals surface area contributed by atoms with Crippen LogP contribution in [0.1, 0.15) is 39.2 Å². The van der Waals surface area contributed by atoms with Crippen LogP contribution in [0.4, 0.5) is 0 Å². The third-order valence-electron chi connectivity index (χ3n) is 3.88. The van der Waals surface area contributed by atoms with E-state index in [9.17, 15) is 4.79 Å².